The van der Waals surface area contributed by atoms with Crippen molar-refractivity contribution in [2.75, 3.05) is 0 Å². The molecule has 0 aliphatic heterocycles. The summed E-state index contributed by atoms with van der Waals surface area (Å²) in [4.78, 5) is 11.8. The Labute approximate surface area is 135 Å². The molecule has 0 heterocycles. The molecule has 0 aliphatic rings. The number of phenolic OH excluding ortho intramolecular Hbond substituents is 1. The van der Waals surface area contributed by atoms with Crippen molar-refractivity contribution in [2.24, 2.45) is 0 Å². The molecule has 4 nitrogen and oxygen atoms in total. The van der Waals surface area contributed by atoms with E-state index in [0.717, 1.165) is 11.1 Å². The van der Waals surface area contributed by atoms with Gasteiger partial charge in [-0.2, -0.15) is 0 Å². The van der Waals surface area contributed by atoms with Gasteiger partial charge in [0.1, 0.15) is 5.75 Å². The topological polar surface area (TPSA) is 61.4 Å². The summed E-state index contributed by atoms with van der Waals surface area (Å²) in [7, 11) is 0. The molecular formula is C17H19ClN2O2. The Bertz CT molecular complexity index is 612. The number of amides is 2. The molecule has 5 heteroatoms. The first-order valence-electron chi connectivity index (χ1n) is 7.09. The fourth-order valence-corrected chi connectivity index (χ4v) is 2.22. The number of nitrogens with one attached hydrogen (secondary N) is 2. The highest BCUT2D eigenvalue weighted by molar-refractivity contribution is 6.30. The van der Waals surface area contributed by atoms with Gasteiger partial charge in [-0.3, -0.25) is 0 Å². The first-order valence-corrected chi connectivity index (χ1v) is 7.47. The normalized spacial score (nSPS) is 11.7. The molecule has 1 atom stereocenters. The summed E-state index contributed by atoms with van der Waals surface area (Å²) >= 11 is 5.81. The van der Waals surface area contributed by atoms with Gasteiger partial charge >= 0.3 is 6.03 Å². The molecule has 22 heavy (non-hydrogen) atoms. The van der Waals surface area contributed by atoms with Gasteiger partial charge in [0.05, 0.1) is 0 Å². The lowest BCUT2D eigenvalue weighted by Crippen LogP contribution is -2.41. The van der Waals surface area contributed by atoms with Crippen molar-refractivity contribution in [2.45, 2.75) is 25.9 Å². The summed E-state index contributed by atoms with van der Waals surface area (Å²) < 4.78 is 0. The van der Waals surface area contributed by atoms with Gasteiger partial charge in [0, 0.05) is 17.6 Å². The molecule has 0 aliphatic carbocycles. The fraction of sp³-hybridized carbons (Fsp3) is 0.235. The lowest BCUT2D eigenvalue weighted by molar-refractivity contribution is 0.237. The molecule has 2 aromatic rings. The van der Waals surface area contributed by atoms with Crippen LogP contribution in [0.3, 0.4) is 0 Å². The standard InChI is InChI=1S/C17H19ClN2O2/c1-12(10-13-4-8-16(21)9-5-13)20-17(22)19-11-14-2-6-15(18)7-3-14/h2-9,12,21H,10-11H2,1H3,(H2,19,20,22). The molecule has 0 bridgehead atoms. The summed E-state index contributed by atoms with van der Waals surface area (Å²) in [5.74, 6) is 0.241. The highest BCUT2D eigenvalue weighted by atomic mass is 35.5. The monoisotopic (exact) mass is 318 g/mol. The van der Waals surface area contributed by atoms with E-state index in [1.807, 2.05) is 31.2 Å². The zero-order valence-electron chi connectivity index (χ0n) is 12.3. The van der Waals surface area contributed by atoms with Gasteiger partial charge in [-0.15, -0.1) is 0 Å². The second-order valence-electron chi connectivity index (χ2n) is 5.23. The molecule has 116 valence electrons. The highest BCUT2D eigenvalue weighted by Crippen LogP contribution is 2.11. The molecule has 0 radical (unpaired) electrons. The van der Waals surface area contributed by atoms with Crippen LogP contribution < -0.4 is 10.6 Å². The molecule has 2 amide bonds. The number of halogens is 1. The maximum absolute atomic E-state index is 11.8. The van der Waals surface area contributed by atoms with E-state index in [0.29, 0.717) is 18.0 Å². The Morgan fingerprint density at radius 1 is 1.09 bits per heavy atom. The van der Waals surface area contributed by atoms with Gasteiger partial charge in [0.2, 0.25) is 0 Å². The van der Waals surface area contributed by atoms with Crippen molar-refractivity contribution in [3.05, 3.63) is 64.7 Å². The predicted octanol–water partition coefficient (Wildman–Crippen LogP) is 3.48. The average Bonchev–Trinajstić information content (AvgIpc) is 2.49. The second kappa shape index (κ2) is 7.71. The third kappa shape index (κ3) is 5.30. The minimum Gasteiger partial charge on any atom is -0.508 e. The number of hydrogen-bond donors (Lipinski definition) is 3. The van der Waals surface area contributed by atoms with Crippen LogP contribution in [-0.2, 0) is 13.0 Å². The van der Waals surface area contributed by atoms with Crippen LogP contribution in [-0.4, -0.2) is 17.2 Å². The van der Waals surface area contributed by atoms with Crippen LogP contribution in [0, 0.1) is 0 Å². The van der Waals surface area contributed by atoms with Crippen LogP contribution in [0.5, 0.6) is 5.75 Å². The lowest BCUT2D eigenvalue weighted by atomic mass is 10.1. The van der Waals surface area contributed by atoms with E-state index >= 15 is 0 Å². The molecule has 3 N–H and O–H groups in total. The Hall–Kier alpha value is -2.20. The SMILES string of the molecule is CC(Cc1ccc(O)cc1)NC(=O)NCc1ccc(Cl)cc1. The van der Waals surface area contributed by atoms with Crippen molar-refractivity contribution < 1.29 is 9.90 Å². The Balaban J connectivity index is 1.76. The first-order chi connectivity index (χ1) is 10.5. The average molecular weight is 319 g/mol. The largest absolute Gasteiger partial charge is 0.508 e. The Morgan fingerprint density at radius 2 is 1.68 bits per heavy atom. The molecule has 0 spiro atoms. The number of rotatable bonds is 5. The highest BCUT2D eigenvalue weighted by Gasteiger charge is 2.08. The fourth-order valence-electron chi connectivity index (χ4n) is 2.10. The van der Waals surface area contributed by atoms with Crippen molar-refractivity contribution in [1.82, 2.24) is 10.6 Å². The summed E-state index contributed by atoms with van der Waals surface area (Å²) in [6.45, 7) is 2.39. The smallest absolute Gasteiger partial charge is 0.315 e. The summed E-state index contributed by atoms with van der Waals surface area (Å²) in [5, 5.41) is 15.6. The summed E-state index contributed by atoms with van der Waals surface area (Å²) in [6, 6.07) is 14.1. The van der Waals surface area contributed by atoms with Crippen molar-refractivity contribution in [3.63, 3.8) is 0 Å². The summed E-state index contributed by atoms with van der Waals surface area (Å²) in [5.41, 5.74) is 2.05. The van der Waals surface area contributed by atoms with E-state index < -0.39 is 0 Å². The van der Waals surface area contributed by atoms with Crippen LogP contribution in [0.2, 0.25) is 5.02 Å². The van der Waals surface area contributed by atoms with Gasteiger partial charge in [-0.25, -0.2) is 4.79 Å². The predicted molar refractivity (Wildman–Crippen MR) is 88.1 cm³/mol. The first kappa shape index (κ1) is 16.2. The van der Waals surface area contributed by atoms with Gasteiger partial charge in [-0.1, -0.05) is 35.9 Å². The number of aromatic hydroxyl groups is 1. The Morgan fingerprint density at radius 3 is 2.32 bits per heavy atom. The van der Waals surface area contributed by atoms with Crippen molar-refractivity contribution >= 4 is 17.6 Å². The van der Waals surface area contributed by atoms with E-state index in [4.69, 9.17) is 11.6 Å². The molecule has 2 rings (SSSR count). The number of carbonyl (C=O) groups excluding carboxylic acids is 1. The zero-order chi connectivity index (χ0) is 15.9. The van der Waals surface area contributed by atoms with Crippen LogP contribution in [0.15, 0.2) is 48.5 Å². The third-order valence-corrected chi connectivity index (χ3v) is 3.47. The summed E-state index contributed by atoms with van der Waals surface area (Å²) in [6.07, 6.45) is 0.703. The zero-order valence-corrected chi connectivity index (χ0v) is 13.1. The van der Waals surface area contributed by atoms with Crippen molar-refractivity contribution in [3.8, 4) is 5.75 Å². The maximum atomic E-state index is 11.8. The van der Waals surface area contributed by atoms with Gasteiger partial charge in [0.25, 0.3) is 0 Å². The molecule has 0 saturated carbocycles. The molecular weight excluding hydrogens is 300 g/mol. The van der Waals surface area contributed by atoms with Crippen LogP contribution in [0.1, 0.15) is 18.1 Å². The molecule has 0 fully saturated rings. The van der Waals surface area contributed by atoms with Gasteiger partial charge < -0.3 is 15.7 Å². The van der Waals surface area contributed by atoms with E-state index in [2.05, 4.69) is 10.6 Å². The quantitative estimate of drug-likeness (QED) is 0.790. The Kier molecular flexibility index (Phi) is 5.67. The minimum absolute atomic E-state index is 0.00485. The van der Waals surface area contributed by atoms with E-state index in [9.17, 15) is 9.90 Å². The minimum atomic E-state index is -0.207. The third-order valence-electron chi connectivity index (χ3n) is 3.22. The number of hydrogen-bond acceptors (Lipinski definition) is 2. The van der Waals surface area contributed by atoms with Crippen LogP contribution in [0.4, 0.5) is 4.79 Å². The molecule has 0 aromatic heterocycles. The van der Waals surface area contributed by atoms with E-state index in [1.165, 1.54) is 0 Å². The van der Waals surface area contributed by atoms with E-state index in [1.54, 1.807) is 24.3 Å². The van der Waals surface area contributed by atoms with Gasteiger partial charge in [0.15, 0.2) is 0 Å². The van der Waals surface area contributed by atoms with E-state index in [-0.39, 0.29) is 17.8 Å². The second-order valence-corrected chi connectivity index (χ2v) is 5.66. The lowest BCUT2D eigenvalue weighted by Gasteiger charge is -2.15. The number of phenols is 1. The molecule has 1 unspecified atom stereocenters. The van der Waals surface area contributed by atoms with Crippen molar-refractivity contribution in [1.29, 1.82) is 0 Å². The molecule has 0 saturated heterocycles. The number of benzene rings is 2. The number of carbonyl (C=O) groups is 1. The van der Waals surface area contributed by atoms with Gasteiger partial charge in [-0.05, 0) is 48.7 Å². The number of urea groups is 1. The van der Waals surface area contributed by atoms with Crippen LogP contribution in [0.25, 0.3) is 0 Å². The van der Waals surface area contributed by atoms with Crippen LogP contribution >= 0.6 is 11.6 Å². The maximum Gasteiger partial charge on any atom is 0.315 e. The molecule has 2 aromatic carbocycles.